The van der Waals surface area contributed by atoms with E-state index in [2.05, 4.69) is 10.6 Å². The Labute approximate surface area is 113 Å². The van der Waals surface area contributed by atoms with Crippen LogP contribution in [0.4, 0.5) is 0 Å². The van der Waals surface area contributed by atoms with Gasteiger partial charge in [-0.25, -0.2) is 0 Å². The van der Waals surface area contributed by atoms with Crippen LogP contribution in [0.3, 0.4) is 0 Å². The number of hydrogen-bond acceptors (Lipinski definition) is 5. The Balaban J connectivity index is 0. The van der Waals surface area contributed by atoms with Gasteiger partial charge < -0.3 is 41.2 Å². The molecule has 105 valence electrons. The average molecular weight is 306 g/mol. The summed E-state index contributed by atoms with van der Waals surface area (Å²) < 4.78 is 0. The van der Waals surface area contributed by atoms with Crippen LogP contribution in [0.15, 0.2) is 0 Å². The topological polar surface area (TPSA) is 155 Å². The number of amides is 3. The van der Waals surface area contributed by atoms with Gasteiger partial charge in [-0.1, -0.05) is 6.54 Å². The van der Waals surface area contributed by atoms with Gasteiger partial charge in [0.15, 0.2) is 0 Å². The maximum absolute atomic E-state index is 10.9. The van der Waals surface area contributed by atoms with Crippen LogP contribution in [0, 0.1) is 0 Å². The van der Waals surface area contributed by atoms with Crippen LogP contribution in [0.2, 0.25) is 0 Å². The van der Waals surface area contributed by atoms with E-state index in [-0.39, 0.29) is 17.1 Å². The summed E-state index contributed by atoms with van der Waals surface area (Å²) in [7, 11) is 0. The average Bonchev–Trinajstić information content (AvgIpc) is 2.30. The van der Waals surface area contributed by atoms with Crippen molar-refractivity contribution in [2.45, 2.75) is 0 Å². The second kappa shape index (κ2) is 10.5. The molecule has 0 spiro atoms. The summed E-state index contributed by atoms with van der Waals surface area (Å²) in [6.45, 7) is -2.29. The first kappa shape index (κ1) is 18.7. The molecular formula is C8H10CuN4O5-2. The molecule has 9 nitrogen and oxygen atoms in total. The van der Waals surface area contributed by atoms with Crippen molar-refractivity contribution in [3.8, 4) is 0 Å². The number of nitrogens with one attached hydrogen (secondary N) is 2. The van der Waals surface area contributed by atoms with Crippen molar-refractivity contribution in [1.82, 2.24) is 5.32 Å². The van der Waals surface area contributed by atoms with Gasteiger partial charge in [-0.3, -0.25) is 4.79 Å². The van der Waals surface area contributed by atoms with Gasteiger partial charge >= 0.3 is 17.1 Å². The fraction of sp³-hybridized carbons (Fsp3) is 0.500. The molecule has 0 aliphatic rings. The molecule has 0 rings (SSSR count). The van der Waals surface area contributed by atoms with Gasteiger partial charge in [0, 0.05) is 11.8 Å². The molecule has 0 fully saturated rings. The zero-order chi connectivity index (χ0) is 13.3. The first-order chi connectivity index (χ1) is 7.95. The maximum atomic E-state index is 10.9. The Kier molecular flexibility index (Phi) is 10.9. The fourth-order valence-corrected chi connectivity index (χ4v) is 0.648. The summed E-state index contributed by atoms with van der Waals surface area (Å²) in [6.07, 6.45) is 0. The van der Waals surface area contributed by atoms with Crippen molar-refractivity contribution in [3.63, 3.8) is 0 Å². The summed E-state index contributed by atoms with van der Waals surface area (Å²) in [4.78, 5) is 42.3. The number of aliphatic carboxylic acids is 1. The molecule has 18 heavy (non-hydrogen) atoms. The zero-order valence-corrected chi connectivity index (χ0v) is 10.0. The van der Waals surface area contributed by atoms with E-state index < -0.39 is 49.9 Å². The van der Waals surface area contributed by atoms with Crippen molar-refractivity contribution >= 4 is 23.7 Å². The molecule has 0 aromatic carbocycles. The molecule has 2 N–H and O–H groups in total. The predicted molar refractivity (Wildman–Crippen MR) is 53.7 cm³/mol. The van der Waals surface area contributed by atoms with Crippen molar-refractivity contribution in [2.24, 2.45) is 0 Å². The van der Waals surface area contributed by atoms with E-state index in [1.165, 1.54) is 0 Å². The summed E-state index contributed by atoms with van der Waals surface area (Å²) in [6, 6.07) is 0. The van der Waals surface area contributed by atoms with Crippen molar-refractivity contribution in [1.29, 1.82) is 0 Å². The van der Waals surface area contributed by atoms with Gasteiger partial charge in [0.25, 0.3) is 0 Å². The number of carbonyl (C=O) groups is 4. The minimum Gasteiger partial charge on any atom is -0.673 e. The number of carboxylic acids is 1. The van der Waals surface area contributed by atoms with E-state index in [9.17, 15) is 24.3 Å². The second-order valence-electron chi connectivity index (χ2n) is 2.75. The maximum Gasteiger partial charge on any atom is 2.00 e. The van der Waals surface area contributed by atoms with Crippen LogP contribution in [0.5, 0.6) is 0 Å². The van der Waals surface area contributed by atoms with Crippen LogP contribution in [0.1, 0.15) is 0 Å². The van der Waals surface area contributed by atoms with Gasteiger partial charge in [0.1, 0.15) is 0 Å². The number of rotatable bonds is 7. The molecule has 0 aromatic heterocycles. The first-order valence-corrected chi connectivity index (χ1v) is 4.47. The minimum atomic E-state index is -1.46. The third-order valence-electron chi connectivity index (χ3n) is 1.37. The summed E-state index contributed by atoms with van der Waals surface area (Å²) in [5.74, 6) is -3.76. The quantitative estimate of drug-likeness (QED) is 0.524. The number of carboxylic acid groups (broad SMARTS) is 1. The molecule has 0 unspecified atom stereocenters. The molecule has 3 amide bonds. The first-order valence-electron chi connectivity index (χ1n) is 4.47. The molecule has 0 saturated carbocycles. The number of nitrogens with zero attached hydrogens (tertiary/aromatic N) is 2. The van der Waals surface area contributed by atoms with Gasteiger partial charge in [-0.05, 0) is 6.54 Å². The molecule has 10 heteroatoms. The Morgan fingerprint density at radius 1 is 1.06 bits per heavy atom. The summed E-state index contributed by atoms with van der Waals surface area (Å²) in [5, 5.41) is 18.3. The standard InChI is InChI=1S/C8H13N4O5.Cu/c9-1-5(13)10-2-6(14)11-3-7(15)12-4-8(16)17;/h9H,1-4H2,(H4,10,11,12,13,14,15,16,17);/q-1;+2/p-3. The molecular weight excluding hydrogens is 296 g/mol. The predicted octanol–water partition coefficient (Wildman–Crippen LogP) is -2.30. The third-order valence-corrected chi connectivity index (χ3v) is 1.37. The molecule has 0 aromatic rings. The molecule has 0 bridgehead atoms. The smallest absolute Gasteiger partial charge is 0.673 e. The Hall–Kier alpha value is -1.64. The normalized spacial score (nSPS) is 8.72. The van der Waals surface area contributed by atoms with Crippen LogP contribution in [-0.4, -0.2) is 49.9 Å². The largest absolute Gasteiger partial charge is 2.00 e. The van der Waals surface area contributed by atoms with E-state index in [0.717, 1.165) is 0 Å². The SMILES string of the molecule is [Cu+2].[NH-]CC(=O)[N-]CC(=O)[N-]CC(=O)NCC(=O)[O-]. The molecule has 1 radical (unpaired) electrons. The van der Waals surface area contributed by atoms with E-state index in [0.29, 0.717) is 0 Å². The van der Waals surface area contributed by atoms with Crippen LogP contribution in [-0.2, 0) is 36.2 Å². The van der Waals surface area contributed by atoms with Crippen LogP contribution >= 0.6 is 0 Å². The van der Waals surface area contributed by atoms with Gasteiger partial charge in [0.2, 0.25) is 5.91 Å². The Bertz CT molecular complexity index is 323. The van der Waals surface area contributed by atoms with E-state index in [1.54, 1.807) is 0 Å². The van der Waals surface area contributed by atoms with E-state index in [1.807, 2.05) is 5.32 Å². The number of hydrogen-bond donors (Lipinski definition) is 1. The summed E-state index contributed by atoms with van der Waals surface area (Å²) >= 11 is 0. The molecule has 0 aliphatic carbocycles. The Morgan fingerprint density at radius 3 is 2.11 bits per heavy atom. The minimum absolute atomic E-state index is 0. The van der Waals surface area contributed by atoms with E-state index in [4.69, 9.17) is 5.73 Å². The van der Waals surface area contributed by atoms with Crippen LogP contribution < -0.4 is 10.4 Å². The monoisotopic (exact) mass is 305 g/mol. The molecule has 0 atom stereocenters. The number of carbonyl (C=O) groups excluding carboxylic acids is 4. The van der Waals surface area contributed by atoms with Gasteiger partial charge in [-0.15, -0.1) is 6.54 Å². The third kappa shape index (κ3) is 10.9. The second-order valence-corrected chi connectivity index (χ2v) is 2.75. The van der Waals surface area contributed by atoms with E-state index >= 15 is 0 Å². The summed E-state index contributed by atoms with van der Waals surface area (Å²) in [5.41, 5.74) is 6.61. The van der Waals surface area contributed by atoms with Gasteiger partial charge in [0.05, 0.1) is 12.5 Å². The fourth-order valence-electron chi connectivity index (χ4n) is 0.648. The van der Waals surface area contributed by atoms with Gasteiger partial charge in [-0.2, -0.15) is 0 Å². The van der Waals surface area contributed by atoms with Crippen LogP contribution in [0.25, 0.3) is 16.4 Å². The zero-order valence-electron chi connectivity index (χ0n) is 9.07. The Morgan fingerprint density at radius 2 is 1.61 bits per heavy atom. The molecule has 0 saturated heterocycles. The van der Waals surface area contributed by atoms with Crippen molar-refractivity contribution in [3.05, 3.63) is 16.4 Å². The van der Waals surface area contributed by atoms with Crippen molar-refractivity contribution < 1.29 is 41.4 Å². The molecule has 0 aliphatic heterocycles. The van der Waals surface area contributed by atoms with Crippen molar-refractivity contribution in [2.75, 3.05) is 26.2 Å². The molecule has 0 heterocycles.